The van der Waals surface area contributed by atoms with Crippen molar-refractivity contribution in [3.8, 4) is 0 Å². The standard InChI is InChI=1S/C12H24ClN/c1-11(2)12-5-3-8-14(10-6-12)9-4-7-13/h11-12H,3-10H2,1-2H3. The number of alkyl halides is 1. The molecule has 1 unspecified atom stereocenters. The molecular weight excluding hydrogens is 194 g/mol. The van der Waals surface area contributed by atoms with Crippen LogP contribution in [0.25, 0.3) is 0 Å². The summed E-state index contributed by atoms with van der Waals surface area (Å²) in [5.74, 6) is 2.63. The van der Waals surface area contributed by atoms with Crippen LogP contribution in [0.4, 0.5) is 0 Å². The Kier molecular flexibility index (Phi) is 5.88. The Morgan fingerprint density at radius 1 is 1.29 bits per heavy atom. The van der Waals surface area contributed by atoms with Gasteiger partial charge in [-0.2, -0.15) is 0 Å². The van der Waals surface area contributed by atoms with Gasteiger partial charge in [0.05, 0.1) is 0 Å². The molecule has 0 N–H and O–H groups in total. The van der Waals surface area contributed by atoms with Crippen molar-refractivity contribution in [3.05, 3.63) is 0 Å². The van der Waals surface area contributed by atoms with Crippen molar-refractivity contribution in [2.24, 2.45) is 11.8 Å². The first-order valence-corrected chi connectivity index (χ1v) is 6.55. The molecule has 2 heteroatoms. The molecule has 1 rings (SSSR count). The minimum atomic E-state index is 0.810. The van der Waals surface area contributed by atoms with Crippen molar-refractivity contribution in [2.75, 3.05) is 25.5 Å². The minimum absolute atomic E-state index is 0.810. The highest BCUT2D eigenvalue weighted by Gasteiger charge is 2.18. The average Bonchev–Trinajstić information content (AvgIpc) is 2.39. The Hall–Kier alpha value is 0.250. The maximum absolute atomic E-state index is 5.71. The molecule has 1 aliphatic heterocycles. The van der Waals surface area contributed by atoms with Crippen molar-refractivity contribution < 1.29 is 0 Å². The first kappa shape index (κ1) is 12.3. The monoisotopic (exact) mass is 217 g/mol. The van der Waals surface area contributed by atoms with Crippen LogP contribution in [-0.2, 0) is 0 Å². The molecule has 0 aromatic rings. The minimum Gasteiger partial charge on any atom is -0.303 e. The summed E-state index contributed by atoms with van der Waals surface area (Å²) in [6, 6.07) is 0. The fourth-order valence-corrected chi connectivity index (χ4v) is 2.47. The lowest BCUT2D eigenvalue weighted by atomic mass is 9.89. The second-order valence-corrected chi connectivity index (χ2v) is 5.20. The van der Waals surface area contributed by atoms with Crippen LogP contribution in [0, 0.1) is 11.8 Å². The average molecular weight is 218 g/mol. The molecule has 1 atom stereocenters. The van der Waals surface area contributed by atoms with Crippen LogP contribution in [0.15, 0.2) is 0 Å². The van der Waals surface area contributed by atoms with Crippen molar-refractivity contribution in [2.45, 2.75) is 39.5 Å². The van der Waals surface area contributed by atoms with E-state index < -0.39 is 0 Å². The molecular formula is C12H24ClN. The van der Waals surface area contributed by atoms with Gasteiger partial charge in [0.15, 0.2) is 0 Å². The van der Waals surface area contributed by atoms with Gasteiger partial charge in [-0.1, -0.05) is 13.8 Å². The van der Waals surface area contributed by atoms with E-state index in [0.29, 0.717) is 0 Å². The summed E-state index contributed by atoms with van der Waals surface area (Å²) in [5, 5.41) is 0. The Morgan fingerprint density at radius 2 is 2.07 bits per heavy atom. The molecule has 0 aromatic carbocycles. The van der Waals surface area contributed by atoms with Crippen molar-refractivity contribution in [1.29, 1.82) is 0 Å². The van der Waals surface area contributed by atoms with Gasteiger partial charge in [-0.05, 0) is 57.2 Å². The molecule has 0 bridgehead atoms. The van der Waals surface area contributed by atoms with E-state index in [1.807, 2.05) is 0 Å². The van der Waals surface area contributed by atoms with Crippen LogP contribution >= 0.6 is 11.6 Å². The summed E-state index contributed by atoms with van der Waals surface area (Å²) >= 11 is 5.71. The Morgan fingerprint density at radius 3 is 2.71 bits per heavy atom. The number of nitrogens with zero attached hydrogens (tertiary/aromatic N) is 1. The van der Waals surface area contributed by atoms with Crippen LogP contribution in [-0.4, -0.2) is 30.4 Å². The molecule has 84 valence electrons. The molecule has 0 spiro atoms. The van der Waals surface area contributed by atoms with Crippen LogP contribution in [0.2, 0.25) is 0 Å². The summed E-state index contributed by atoms with van der Waals surface area (Å²) in [6.07, 6.45) is 5.34. The van der Waals surface area contributed by atoms with E-state index in [-0.39, 0.29) is 0 Å². The van der Waals surface area contributed by atoms with Crippen LogP contribution in [0.3, 0.4) is 0 Å². The fourth-order valence-electron chi connectivity index (χ4n) is 2.36. The summed E-state index contributed by atoms with van der Waals surface area (Å²) in [4.78, 5) is 2.59. The van der Waals surface area contributed by atoms with Gasteiger partial charge in [-0.25, -0.2) is 0 Å². The molecule has 1 nitrogen and oxygen atoms in total. The van der Waals surface area contributed by atoms with Gasteiger partial charge < -0.3 is 4.90 Å². The molecule has 1 aliphatic rings. The van der Waals surface area contributed by atoms with Crippen LogP contribution in [0.5, 0.6) is 0 Å². The Balaban J connectivity index is 2.26. The first-order valence-electron chi connectivity index (χ1n) is 6.02. The van der Waals surface area contributed by atoms with Gasteiger partial charge in [0.25, 0.3) is 0 Å². The summed E-state index contributed by atoms with van der Waals surface area (Å²) < 4.78 is 0. The number of hydrogen-bond donors (Lipinski definition) is 0. The Labute approximate surface area is 93.8 Å². The third kappa shape index (κ3) is 4.18. The maximum Gasteiger partial charge on any atom is 0.0235 e. The predicted molar refractivity (Wildman–Crippen MR) is 64.0 cm³/mol. The van der Waals surface area contributed by atoms with Crippen molar-refractivity contribution in [1.82, 2.24) is 4.90 Å². The second-order valence-electron chi connectivity index (χ2n) is 4.82. The lowest BCUT2D eigenvalue weighted by molar-refractivity contribution is 0.273. The lowest BCUT2D eigenvalue weighted by Crippen LogP contribution is -2.26. The zero-order chi connectivity index (χ0) is 10.4. The van der Waals surface area contributed by atoms with Gasteiger partial charge in [0.2, 0.25) is 0 Å². The van der Waals surface area contributed by atoms with E-state index in [0.717, 1.165) is 24.1 Å². The summed E-state index contributed by atoms with van der Waals surface area (Å²) in [7, 11) is 0. The third-order valence-electron chi connectivity index (χ3n) is 3.42. The third-order valence-corrected chi connectivity index (χ3v) is 3.68. The van der Waals surface area contributed by atoms with Crippen LogP contribution in [0.1, 0.15) is 39.5 Å². The van der Waals surface area contributed by atoms with E-state index in [4.69, 9.17) is 11.6 Å². The van der Waals surface area contributed by atoms with Gasteiger partial charge in [-0.3, -0.25) is 0 Å². The van der Waals surface area contributed by atoms with Crippen molar-refractivity contribution in [3.63, 3.8) is 0 Å². The number of likely N-dealkylation sites (tertiary alicyclic amines) is 1. The number of hydrogen-bond acceptors (Lipinski definition) is 1. The molecule has 0 saturated carbocycles. The smallest absolute Gasteiger partial charge is 0.0235 e. The lowest BCUT2D eigenvalue weighted by Gasteiger charge is -2.20. The molecule has 1 fully saturated rings. The SMILES string of the molecule is CC(C)C1CCCN(CCCCl)CC1. The molecule has 14 heavy (non-hydrogen) atoms. The van der Waals surface area contributed by atoms with E-state index in [2.05, 4.69) is 18.7 Å². The number of rotatable bonds is 4. The molecule has 0 aromatic heterocycles. The van der Waals surface area contributed by atoms with E-state index in [1.54, 1.807) is 0 Å². The maximum atomic E-state index is 5.71. The quantitative estimate of drug-likeness (QED) is 0.653. The van der Waals surface area contributed by atoms with E-state index in [9.17, 15) is 0 Å². The highest BCUT2D eigenvalue weighted by atomic mass is 35.5. The topological polar surface area (TPSA) is 3.24 Å². The molecule has 1 saturated heterocycles. The zero-order valence-electron chi connectivity index (χ0n) is 9.64. The van der Waals surface area contributed by atoms with E-state index >= 15 is 0 Å². The van der Waals surface area contributed by atoms with Crippen molar-refractivity contribution >= 4 is 11.6 Å². The predicted octanol–water partition coefficient (Wildman–Crippen LogP) is 3.37. The highest BCUT2D eigenvalue weighted by Crippen LogP contribution is 2.24. The molecule has 0 radical (unpaired) electrons. The first-order chi connectivity index (χ1) is 6.74. The van der Waals surface area contributed by atoms with E-state index in [1.165, 1.54) is 38.9 Å². The van der Waals surface area contributed by atoms with Gasteiger partial charge in [-0.15, -0.1) is 11.6 Å². The van der Waals surface area contributed by atoms with Gasteiger partial charge >= 0.3 is 0 Å². The molecule has 0 amide bonds. The largest absolute Gasteiger partial charge is 0.303 e. The molecule has 1 heterocycles. The fraction of sp³-hybridized carbons (Fsp3) is 1.00. The second kappa shape index (κ2) is 6.68. The van der Waals surface area contributed by atoms with Gasteiger partial charge in [0, 0.05) is 5.88 Å². The normalized spacial score (nSPS) is 25.3. The summed E-state index contributed by atoms with van der Waals surface area (Å²) in [5.41, 5.74) is 0. The highest BCUT2D eigenvalue weighted by molar-refractivity contribution is 6.17. The molecule has 0 aliphatic carbocycles. The zero-order valence-corrected chi connectivity index (χ0v) is 10.4. The van der Waals surface area contributed by atoms with Gasteiger partial charge in [0.1, 0.15) is 0 Å². The number of halogens is 1. The van der Waals surface area contributed by atoms with Crippen LogP contribution < -0.4 is 0 Å². The Bertz CT molecular complexity index is 147. The summed E-state index contributed by atoms with van der Waals surface area (Å²) in [6.45, 7) is 8.51.